The second-order valence-electron chi connectivity index (χ2n) is 6.56. The van der Waals surface area contributed by atoms with Crippen LogP contribution in [-0.2, 0) is 17.7 Å². The van der Waals surface area contributed by atoms with Gasteiger partial charge in [-0.25, -0.2) is 14.6 Å². The lowest BCUT2D eigenvalue weighted by Gasteiger charge is -2.24. The SMILES string of the molecule is CCCn1cc(-n2ccc(-c3cnc(CC4COC4)nc3)n2)ccc1=O. The first-order valence-electron chi connectivity index (χ1n) is 8.88. The fourth-order valence-corrected chi connectivity index (χ4v) is 2.94. The number of pyridine rings is 1. The van der Waals surface area contributed by atoms with Crippen molar-refractivity contribution in [2.45, 2.75) is 26.3 Å². The summed E-state index contributed by atoms with van der Waals surface area (Å²) in [5, 5.41) is 4.60. The molecule has 0 aliphatic carbocycles. The van der Waals surface area contributed by atoms with E-state index in [9.17, 15) is 4.79 Å². The molecule has 7 nitrogen and oxygen atoms in total. The molecule has 0 spiro atoms. The van der Waals surface area contributed by atoms with Crippen molar-refractivity contribution in [1.82, 2.24) is 24.3 Å². The first-order chi connectivity index (χ1) is 12.7. The van der Waals surface area contributed by atoms with Crippen molar-refractivity contribution in [3.63, 3.8) is 0 Å². The summed E-state index contributed by atoms with van der Waals surface area (Å²) in [6, 6.07) is 5.29. The Morgan fingerprint density at radius 1 is 1.19 bits per heavy atom. The van der Waals surface area contributed by atoms with Crippen LogP contribution in [0.25, 0.3) is 16.9 Å². The normalized spacial score (nSPS) is 14.3. The lowest BCUT2D eigenvalue weighted by Crippen LogP contribution is -2.29. The van der Waals surface area contributed by atoms with Gasteiger partial charge in [-0.2, -0.15) is 5.10 Å². The summed E-state index contributed by atoms with van der Waals surface area (Å²) in [6.07, 6.45) is 9.10. The third-order valence-electron chi connectivity index (χ3n) is 4.47. The van der Waals surface area contributed by atoms with E-state index in [1.165, 1.54) is 0 Å². The van der Waals surface area contributed by atoms with Gasteiger partial charge in [0.25, 0.3) is 5.56 Å². The number of hydrogen-bond acceptors (Lipinski definition) is 5. The first kappa shape index (κ1) is 16.7. The maximum atomic E-state index is 11.9. The van der Waals surface area contributed by atoms with Crippen LogP contribution in [0.15, 0.2) is 47.8 Å². The molecule has 4 rings (SSSR count). The van der Waals surface area contributed by atoms with Gasteiger partial charge in [-0.1, -0.05) is 6.92 Å². The van der Waals surface area contributed by atoms with E-state index in [-0.39, 0.29) is 5.56 Å². The summed E-state index contributed by atoms with van der Waals surface area (Å²) in [7, 11) is 0. The molecule has 1 aliphatic rings. The van der Waals surface area contributed by atoms with Crippen LogP contribution in [0.2, 0.25) is 0 Å². The minimum absolute atomic E-state index is 0.00355. The molecule has 0 unspecified atom stereocenters. The van der Waals surface area contributed by atoms with Crippen LogP contribution in [0.1, 0.15) is 19.2 Å². The third-order valence-corrected chi connectivity index (χ3v) is 4.47. The molecule has 0 saturated carbocycles. The van der Waals surface area contributed by atoms with Gasteiger partial charge in [0.1, 0.15) is 5.82 Å². The lowest BCUT2D eigenvalue weighted by molar-refractivity contribution is -0.0321. The highest BCUT2D eigenvalue weighted by Crippen LogP contribution is 2.18. The van der Waals surface area contributed by atoms with Gasteiger partial charge in [0.2, 0.25) is 0 Å². The van der Waals surface area contributed by atoms with Gasteiger partial charge in [-0.05, 0) is 18.6 Å². The molecule has 1 fully saturated rings. The van der Waals surface area contributed by atoms with Crippen molar-refractivity contribution in [3.8, 4) is 16.9 Å². The van der Waals surface area contributed by atoms with Crippen LogP contribution in [0.3, 0.4) is 0 Å². The van der Waals surface area contributed by atoms with E-state index >= 15 is 0 Å². The Morgan fingerprint density at radius 3 is 2.69 bits per heavy atom. The number of rotatable bonds is 6. The monoisotopic (exact) mass is 351 g/mol. The smallest absolute Gasteiger partial charge is 0.250 e. The number of nitrogens with zero attached hydrogens (tertiary/aromatic N) is 5. The minimum atomic E-state index is 0.00355. The second-order valence-corrected chi connectivity index (χ2v) is 6.56. The summed E-state index contributed by atoms with van der Waals surface area (Å²) in [5.74, 6) is 1.38. The summed E-state index contributed by atoms with van der Waals surface area (Å²) in [4.78, 5) is 20.8. The number of aryl methyl sites for hydroxylation is 1. The van der Waals surface area contributed by atoms with Gasteiger partial charge in [0.05, 0.1) is 24.6 Å². The maximum Gasteiger partial charge on any atom is 0.250 e. The molecule has 7 heteroatoms. The van der Waals surface area contributed by atoms with Crippen LogP contribution in [0.4, 0.5) is 0 Å². The Balaban J connectivity index is 1.54. The average Bonchev–Trinajstić information content (AvgIpc) is 3.11. The molecule has 0 atom stereocenters. The first-order valence-corrected chi connectivity index (χ1v) is 8.88. The second kappa shape index (κ2) is 7.21. The van der Waals surface area contributed by atoms with Gasteiger partial charge >= 0.3 is 0 Å². The number of aromatic nitrogens is 5. The van der Waals surface area contributed by atoms with Crippen molar-refractivity contribution in [3.05, 3.63) is 59.2 Å². The molecule has 0 bridgehead atoms. The van der Waals surface area contributed by atoms with Gasteiger partial charge in [-0.3, -0.25) is 4.79 Å². The highest BCUT2D eigenvalue weighted by atomic mass is 16.5. The molecule has 1 saturated heterocycles. The highest BCUT2D eigenvalue weighted by molar-refractivity contribution is 5.56. The van der Waals surface area contributed by atoms with Crippen molar-refractivity contribution in [1.29, 1.82) is 0 Å². The Hall–Kier alpha value is -2.80. The minimum Gasteiger partial charge on any atom is -0.381 e. The van der Waals surface area contributed by atoms with Gasteiger partial charge < -0.3 is 9.30 Å². The van der Waals surface area contributed by atoms with E-state index in [1.54, 1.807) is 21.4 Å². The molecule has 134 valence electrons. The largest absolute Gasteiger partial charge is 0.381 e. The Labute approximate surface area is 151 Å². The summed E-state index contributed by atoms with van der Waals surface area (Å²) in [6.45, 7) is 4.35. The van der Waals surface area contributed by atoms with Crippen molar-refractivity contribution in [2.75, 3.05) is 13.2 Å². The molecule has 26 heavy (non-hydrogen) atoms. The standard InChI is InChI=1S/C19H21N5O2/c1-2-6-23-11-16(3-4-19(23)25)24-7-5-17(22-24)15-9-20-18(21-10-15)8-14-12-26-13-14/h3-5,7,9-11,14H,2,6,8,12-13H2,1H3. The Morgan fingerprint density at radius 2 is 2.00 bits per heavy atom. The molecular weight excluding hydrogens is 330 g/mol. The zero-order valence-corrected chi connectivity index (χ0v) is 14.7. The van der Waals surface area contributed by atoms with E-state index in [2.05, 4.69) is 15.1 Å². The van der Waals surface area contributed by atoms with Gasteiger partial charge in [0.15, 0.2) is 0 Å². The fraction of sp³-hybridized carbons (Fsp3) is 0.368. The van der Waals surface area contributed by atoms with Crippen molar-refractivity contribution < 1.29 is 4.74 Å². The number of hydrogen-bond donors (Lipinski definition) is 0. The van der Waals surface area contributed by atoms with E-state index < -0.39 is 0 Å². The summed E-state index contributed by atoms with van der Waals surface area (Å²) in [5.41, 5.74) is 2.53. The van der Waals surface area contributed by atoms with E-state index in [4.69, 9.17) is 4.74 Å². The zero-order chi connectivity index (χ0) is 17.9. The van der Waals surface area contributed by atoms with Gasteiger partial charge in [-0.15, -0.1) is 0 Å². The highest BCUT2D eigenvalue weighted by Gasteiger charge is 2.19. The van der Waals surface area contributed by atoms with Crippen molar-refractivity contribution >= 4 is 0 Å². The molecule has 1 aliphatic heterocycles. The van der Waals surface area contributed by atoms with E-state index in [1.807, 2.05) is 37.8 Å². The fourth-order valence-electron chi connectivity index (χ4n) is 2.94. The number of ether oxygens (including phenoxy) is 1. The average molecular weight is 351 g/mol. The predicted molar refractivity (Wildman–Crippen MR) is 97.2 cm³/mol. The molecular formula is C19H21N5O2. The molecule has 3 aromatic heterocycles. The van der Waals surface area contributed by atoms with Crippen LogP contribution in [0, 0.1) is 5.92 Å². The van der Waals surface area contributed by atoms with Crippen molar-refractivity contribution in [2.24, 2.45) is 5.92 Å². The maximum absolute atomic E-state index is 11.9. The van der Waals surface area contributed by atoms with Gasteiger partial charge in [0, 0.05) is 55.3 Å². The molecule has 0 N–H and O–H groups in total. The summed E-state index contributed by atoms with van der Waals surface area (Å²) >= 11 is 0. The molecule has 0 radical (unpaired) electrons. The van der Waals surface area contributed by atoms with E-state index in [0.717, 1.165) is 48.8 Å². The zero-order valence-electron chi connectivity index (χ0n) is 14.7. The predicted octanol–water partition coefficient (Wildman–Crippen LogP) is 2.09. The lowest BCUT2D eigenvalue weighted by atomic mass is 10.0. The Bertz CT molecular complexity index is 941. The molecule has 0 aromatic carbocycles. The van der Waals surface area contributed by atoms with Crippen LogP contribution >= 0.6 is 0 Å². The topological polar surface area (TPSA) is 74.8 Å². The third kappa shape index (κ3) is 3.43. The van der Waals surface area contributed by atoms with Crippen LogP contribution < -0.4 is 5.56 Å². The van der Waals surface area contributed by atoms with E-state index in [0.29, 0.717) is 12.5 Å². The quantitative estimate of drug-likeness (QED) is 0.680. The Kier molecular flexibility index (Phi) is 4.62. The molecule has 0 amide bonds. The molecule has 4 heterocycles. The van der Waals surface area contributed by atoms with Crippen LogP contribution in [-0.4, -0.2) is 37.5 Å². The van der Waals surface area contributed by atoms with Crippen LogP contribution in [0.5, 0.6) is 0 Å². The molecule has 3 aromatic rings. The summed E-state index contributed by atoms with van der Waals surface area (Å²) < 4.78 is 8.66.